The van der Waals surface area contributed by atoms with Gasteiger partial charge in [0.1, 0.15) is 0 Å². The molecule has 0 saturated carbocycles. The van der Waals surface area contributed by atoms with Crippen LogP contribution >= 0.6 is 0 Å². The highest BCUT2D eigenvalue weighted by Crippen LogP contribution is 2.17. The number of likely N-dealkylation sites (tertiary alicyclic amines) is 1. The van der Waals surface area contributed by atoms with Crippen LogP contribution in [-0.2, 0) is 6.54 Å². The van der Waals surface area contributed by atoms with E-state index >= 15 is 0 Å². The van der Waals surface area contributed by atoms with E-state index in [1.165, 1.54) is 12.8 Å². The number of carbonyl (C=O) groups is 1. The lowest BCUT2D eigenvalue weighted by atomic mass is 10.0. The van der Waals surface area contributed by atoms with Crippen molar-refractivity contribution in [1.29, 1.82) is 0 Å². The van der Waals surface area contributed by atoms with Crippen molar-refractivity contribution in [3.8, 4) is 5.69 Å². The van der Waals surface area contributed by atoms with Crippen LogP contribution in [0.1, 0.15) is 35.3 Å². The Kier molecular flexibility index (Phi) is 6.06. The Morgan fingerprint density at radius 3 is 2.88 bits per heavy atom. The molecule has 6 heteroatoms. The first-order valence-electron chi connectivity index (χ1n) is 9.30. The van der Waals surface area contributed by atoms with Crippen molar-refractivity contribution in [3.05, 3.63) is 48.0 Å². The highest BCUT2D eigenvalue weighted by Gasteiger charge is 2.20. The second kappa shape index (κ2) is 8.47. The SMILES string of the molecule is CN(C)Cc1cn(-c2ccccc2C(=O)NC[C@@H]2CCCCN2C)cn1. The number of carbonyl (C=O) groups excluding carboxylic acids is 1. The summed E-state index contributed by atoms with van der Waals surface area (Å²) in [4.78, 5) is 21.7. The van der Waals surface area contributed by atoms with Crippen molar-refractivity contribution in [2.24, 2.45) is 0 Å². The van der Waals surface area contributed by atoms with Gasteiger partial charge in [-0.15, -0.1) is 0 Å². The Labute approximate surface area is 155 Å². The molecule has 1 aromatic heterocycles. The van der Waals surface area contributed by atoms with Gasteiger partial charge in [0.25, 0.3) is 5.91 Å². The quantitative estimate of drug-likeness (QED) is 0.863. The third-order valence-electron chi connectivity index (χ3n) is 4.96. The molecule has 0 radical (unpaired) electrons. The number of hydrogen-bond donors (Lipinski definition) is 1. The lowest BCUT2D eigenvalue weighted by molar-refractivity contribution is 0.0928. The minimum Gasteiger partial charge on any atom is -0.350 e. The van der Waals surface area contributed by atoms with E-state index in [1.807, 2.05) is 49.1 Å². The Morgan fingerprint density at radius 2 is 2.12 bits per heavy atom. The van der Waals surface area contributed by atoms with Gasteiger partial charge >= 0.3 is 0 Å². The van der Waals surface area contributed by atoms with Crippen molar-refractivity contribution < 1.29 is 4.79 Å². The molecule has 1 aromatic carbocycles. The van der Waals surface area contributed by atoms with E-state index in [9.17, 15) is 4.79 Å². The number of nitrogens with zero attached hydrogens (tertiary/aromatic N) is 4. The van der Waals surface area contributed by atoms with Gasteiger partial charge in [-0.1, -0.05) is 18.6 Å². The van der Waals surface area contributed by atoms with Crippen LogP contribution < -0.4 is 5.32 Å². The fourth-order valence-corrected chi connectivity index (χ4v) is 3.50. The van der Waals surface area contributed by atoms with Gasteiger partial charge in [-0.05, 0) is 52.7 Å². The van der Waals surface area contributed by atoms with Crippen molar-refractivity contribution >= 4 is 5.91 Å². The Bertz CT molecular complexity index is 739. The predicted molar refractivity (Wildman–Crippen MR) is 104 cm³/mol. The molecule has 1 atom stereocenters. The van der Waals surface area contributed by atoms with Crippen LogP contribution in [0.2, 0.25) is 0 Å². The number of imidazole rings is 1. The molecule has 3 rings (SSSR count). The smallest absolute Gasteiger partial charge is 0.253 e. The molecule has 0 bridgehead atoms. The number of hydrogen-bond acceptors (Lipinski definition) is 4. The summed E-state index contributed by atoms with van der Waals surface area (Å²) in [6, 6.07) is 8.12. The summed E-state index contributed by atoms with van der Waals surface area (Å²) in [5.41, 5.74) is 2.52. The van der Waals surface area contributed by atoms with Crippen LogP contribution in [0.4, 0.5) is 0 Å². The van der Waals surface area contributed by atoms with Crippen molar-refractivity contribution in [1.82, 2.24) is 24.7 Å². The molecular formula is C20H29N5O. The fraction of sp³-hybridized carbons (Fsp3) is 0.500. The summed E-state index contributed by atoms with van der Waals surface area (Å²) in [6.45, 7) is 2.58. The van der Waals surface area contributed by atoms with Gasteiger partial charge in [0.05, 0.1) is 23.3 Å². The van der Waals surface area contributed by atoms with Crippen molar-refractivity contribution in [2.75, 3.05) is 34.2 Å². The van der Waals surface area contributed by atoms with E-state index in [0.717, 1.165) is 30.9 Å². The van der Waals surface area contributed by atoms with Gasteiger partial charge in [-0.2, -0.15) is 0 Å². The van der Waals surface area contributed by atoms with Crippen molar-refractivity contribution in [2.45, 2.75) is 31.8 Å². The van der Waals surface area contributed by atoms with E-state index in [1.54, 1.807) is 6.33 Å². The zero-order valence-corrected chi connectivity index (χ0v) is 16.0. The Hall–Kier alpha value is -2.18. The first kappa shape index (κ1) is 18.6. The van der Waals surface area contributed by atoms with Crippen molar-refractivity contribution in [3.63, 3.8) is 0 Å². The molecule has 26 heavy (non-hydrogen) atoms. The summed E-state index contributed by atoms with van der Waals surface area (Å²) in [7, 11) is 6.17. The molecule has 1 saturated heterocycles. The third kappa shape index (κ3) is 4.51. The standard InChI is InChI=1S/C20H29N5O/c1-23(2)13-16-14-25(15-22-16)19-10-5-4-9-18(19)20(26)21-12-17-8-6-7-11-24(17)3/h4-5,9-10,14-15,17H,6-8,11-13H2,1-3H3,(H,21,26)/t17-/m0/s1. The number of nitrogens with one attached hydrogen (secondary N) is 1. The summed E-state index contributed by atoms with van der Waals surface area (Å²) in [6.07, 6.45) is 7.40. The van der Waals surface area contributed by atoms with E-state index in [0.29, 0.717) is 18.2 Å². The fourth-order valence-electron chi connectivity index (χ4n) is 3.50. The summed E-state index contributed by atoms with van der Waals surface area (Å²) in [5, 5.41) is 3.13. The van der Waals surface area contributed by atoms with E-state index < -0.39 is 0 Å². The van der Waals surface area contributed by atoms with Gasteiger partial charge in [0, 0.05) is 25.3 Å². The first-order valence-corrected chi connectivity index (χ1v) is 9.30. The lowest BCUT2D eigenvalue weighted by Crippen LogP contribution is -2.44. The van der Waals surface area contributed by atoms with Crippen LogP contribution in [-0.4, -0.2) is 65.5 Å². The average Bonchev–Trinajstić information content (AvgIpc) is 3.08. The number of para-hydroxylation sites is 1. The molecule has 0 unspecified atom stereocenters. The summed E-state index contributed by atoms with van der Waals surface area (Å²) in [5.74, 6) is -0.0255. The van der Waals surface area contributed by atoms with E-state index in [-0.39, 0.29) is 5.91 Å². The van der Waals surface area contributed by atoms with Gasteiger partial charge in [-0.3, -0.25) is 4.79 Å². The second-order valence-electron chi connectivity index (χ2n) is 7.37. The highest BCUT2D eigenvalue weighted by atomic mass is 16.1. The number of benzene rings is 1. The maximum Gasteiger partial charge on any atom is 0.253 e. The molecule has 0 spiro atoms. The van der Waals surface area contributed by atoms with E-state index in [2.05, 4.69) is 27.1 Å². The number of amides is 1. The number of rotatable bonds is 6. The van der Waals surface area contributed by atoms with Crippen LogP contribution in [0, 0.1) is 0 Å². The summed E-state index contributed by atoms with van der Waals surface area (Å²) < 4.78 is 1.93. The molecule has 1 amide bonds. The molecule has 1 aliphatic heterocycles. The zero-order chi connectivity index (χ0) is 18.5. The van der Waals surface area contributed by atoms with Gasteiger partial charge in [0.15, 0.2) is 0 Å². The summed E-state index contributed by atoms with van der Waals surface area (Å²) >= 11 is 0. The molecule has 0 aliphatic carbocycles. The molecule has 1 fully saturated rings. The van der Waals surface area contributed by atoms with Crippen LogP contribution in [0.5, 0.6) is 0 Å². The van der Waals surface area contributed by atoms with Crippen LogP contribution in [0.25, 0.3) is 5.69 Å². The van der Waals surface area contributed by atoms with Gasteiger partial charge < -0.3 is 19.7 Å². The second-order valence-corrected chi connectivity index (χ2v) is 7.37. The highest BCUT2D eigenvalue weighted by molar-refractivity contribution is 5.97. The number of piperidine rings is 1. The monoisotopic (exact) mass is 355 g/mol. The van der Waals surface area contributed by atoms with Gasteiger partial charge in [-0.25, -0.2) is 4.98 Å². The third-order valence-corrected chi connectivity index (χ3v) is 4.96. The maximum absolute atomic E-state index is 12.8. The van der Waals surface area contributed by atoms with Crippen LogP contribution in [0.15, 0.2) is 36.8 Å². The zero-order valence-electron chi connectivity index (χ0n) is 16.0. The molecule has 6 nitrogen and oxygen atoms in total. The molecule has 2 heterocycles. The lowest BCUT2D eigenvalue weighted by Gasteiger charge is -2.32. The minimum absolute atomic E-state index is 0.0255. The topological polar surface area (TPSA) is 53.4 Å². The first-order chi connectivity index (χ1) is 12.5. The maximum atomic E-state index is 12.8. The molecular weight excluding hydrogens is 326 g/mol. The average molecular weight is 355 g/mol. The van der Waals surface area contributed by atoms with E-state index in [4.69, 9.17) is 0 Å². The normalized spacial score (nSPS) is 18.2. The Morgan fingerprint density at radius 1 is 1.31 bits per heavy atom. The number of aromatic nitrogens is 2. The molecule has 1 N–H and O–H groups in total. The Balaban J connectivity index is 1.72. The minimum atomic E-state index is -0.0255. The van der Waals surface area contributed by atoms with Crippen LogP contribution in [0.3, 0.4) is 0 Å². The molecule has 1 aliphatic rings. The molecule has 140 valence electrons. The number of likely N-dealkylation sites (N-methyl/N-ethyl adjacent to an activating group) is 1. The van der Waals surface area contributed by atoms with Gasteiger partial charge in [0.2, 0.25) is 0 Å². The predicted octanol–water partition coefficient (Wildman–Crippen LogP) is 2.15. The molecule has 2 aromatic rings. The largest absolute Gasteiger partial charge is 0.350 e.